The first-order valence-electron chi connectivity index (χ1n) is 6.93. The Morgan fingerprint density at radius 1 is 1.25 bits per heavy atom. The third-order valence-electron chi connectivity index (χ3n) is 3.26. The molecule has 20 heavy (non-hydrogen) atoms. The van der Waals surface area contributed by atoms with E-state index < -0.39 is 6.04 Å². The van der Waals surface area contributed by atoms with E-state index in [1.807, 2.05) is 19.9 Å². The van der Waals surface area contributed by atoms with Crippen molar-refractivity contribution in [1.82, 2.24) is 10.6 Å². The molecular weight excluding hydrogens is 254 g/mol. The molecule has 0 radical (unpaired) electrons. The van der Waals surface area contributed by atoms with Crippen molar-refractivity contribution < 1.29 is 9.59 Å². The highest BCUT2D eigenvalue weighted by atomic mass is 16.2. The van der Waals surface area contributed by atoms with E-state index in [4.69, 9.17) is 5.73 Å². The van der Waals surface area contributed by atoms with E-state index in [1.165, 1.54) is 0 Å². The lowest BCUT2D eigenvalue weighted by molar-refractivity contribution is -0.124. The van der Waals surface area contributed by atoms with Gasteiger partial charge in [-0.25, -0.2) is 0 Å². The minimum Gasteiger partial charge on any atom is -0.353 e. The van der Waals surface area contributed by atoms with Crippen LogP contribution < -0.4 is 16.4 Å². The number of benzene rings is 1. The number of nitrogens with two attached hydrogens (primary N) is 1. The fourth-order valence-electron chi connectivity index (χ4n) is 1.82. The minimum atomic E-state index is -0.542. The van der Waals surface area contributed by atoms with Gasteiger partial charge in [-0.2, -0.15) is 0 Å². The van der Waals surface area contributed by atoms with E-state index in [0.29, 0.717) is 18.7 Å². The Labute approximate surface area is 119 Å². The van der Waals surface area contributed by atoms with E-state index in [9.17, 15) is 9.59 Å². The number of carbonyl (C=O) groups excluding carboxylic acids is 2. The number of hydrogen-bond acceptors (Lipinski definition) is 3. The first kappa shape index (κ1) is 16.2. The molecule has 0 fully saturated rings. The second kappa shape index (κ2) is 8.32. The molecule has 1 aromatic rings. The molecule has 0 saturated carbocycles. The highest BCUT2D eigenvalue weighted by Crippen LogP contribution is 2.09. The van der Waals surface area contributed by atoms with E-state index in [1.54, 1.807) is 24.3 Å². The Kier molecular flexibility index (Phi) is 6.73. The van der Waals surface area contributed by atoms with Gasteiger partial charge in [0.1, 0.15) is 6.04 Å². The van der Waals surface area contributed by atoms with E-state index in [0.717, 1.165) is 6.42 Å². The molecule has 0 aromatic heterocycles. The number of nitrogens with one attached hydrogen (secondary N) is 2. The third-order valence-corrected chi connectivity index (χ3v) is 3.26. The van der Waals surface area contributed by atoms with E-state index >= 15 is 0 Å². The molecule has 2 unspecified atom stereocenters. The first-order valence-corrected chi connectivity index (χ1v) is 6.93. The molecule has 110 valence electrons. The predicted molar refractivity (Wildman–Crippen MR) is 79.2 cm³/mol. The van der Waals surface area contributed by atoms with Crippen LogP contribution in [-0.2, 0) is 4.79 Å². The molecule has 1 aromatic carbocycles. The van der Waals surface area contributed by atoms with Gasteiger partial charge in [-0.1, -0.05) is 38.5 Å². The molecule has 0 aliphatic rings. The largest absolute Gasteiger partial charge is 0.353 e. The zero-order valence-corrected chi connectivity index (χ0v) is 12.1. The van der Waals surface area contributed by atoms with Gasteiger partial charge in [0.05, 0.1) is 0 Å². The molecule has 2 atom stereocenters. The van der Waals surface area contributed by atoms with Gasteiger partial charge in [-0.05, 0) is 18.1 Å². The van der Waals surface area contributed by atoms with Crippen molar-refractivity contribution in [3.8, 4) is 0 Å². The zero-order chi connectivity index (χ0) is 15.0. The second-order valence-electron chi connectivity index (χ2n) is 4.78. The van der Waals surface area contributed by atoms with Crippen molar-refractivity contribution >= 4 is 11.8 Å². The Morgan fingerprint density at radius 3 is 2.45 bits per heavy atom. The minimum absolute atomic E-state index is 0.0560. The molecule has 0 aliphatic carbocycles. The third kappa shape index (κ3) is 4.66. The summed E-state index contributed by atoms with van der Waals surface area (Å²) >= 11 is 0. The number of carbonyl (C=O) groups is 2. The van der Waals surface area contributed by atoms with Crippen molar-refractivity contribution in [1.29, 1.82) is 0 Å². The van der Waals surface area contributed by atoms with Gasteiger partial charge in [-0.3, -0.25) is 9.59 Å². The van der Waals surface area contributed by atoms with Crippen LogP contribution >= 0.6 is 0 Å². The number of rotatable bonds is 7. The lowest BCUT2D eigenvalue weighted by atomic mass is 9.98. The van der Waals surface area contributed by atoms with Gasteiger partial charge >= 0.3 is 0 Å². The fraction of sp³-hybridized carbons (Fsp3) is 0.467. The molecule has 5 nitrogen and oxygen atoms in total. The quantitative estimate of drug-likeness (QED) is 0.692. The van der Waals surface area contributed by atoms with Crippen LogP contribution in [-0.4, -0.2) is 30.9 Å². The highest BCUT2D eigenvalue weighted by Gasteiger charge is 2.25. The summed E-state index contributed by atoms with van der Waals surface area (Å²) < 4.78 is 0. The monoisotopic (exact) mass is 277 g/mol. The lowest BCUT2D eigenvalue weighted by Gasteiger charge is -2.23. The normalized spacial score (nSPS) is 13.3. The van der Waals surface area contributed by atoms with Crippen molar-refractivity contribution in [3.05, 3.63) is 35.9 Å². The summed E-state index contributed by atoms with van der Waals surface area (Å²) in [7, 11) is 0. The molecule has 0 spiro atoms. The van der Waals surface area contributed by atoms with Crippen LogP contribution in [0.2, 0.25) is 0 Å². The van der Waals surface area contributed by atoms with Crippen LogP contribution in [0.3, 0.4) is 0 Å². The standard InChI is InChI=1S/C15H23N3O2/c1-3-11(2)13(15(20)17-10-9-16)18-14(19)12-7-5-4-6-8-12/h4-8,11,13H,3,9-10,16H2,1-2H3,(H,17,20)(H,18,19). The topological polar surface area (TPSA) is 84.2 Å². The second-order valence-corrected chi connectivity index (χ2v) is 4.78. The van der Waals surface area contributed by atoms with Crippen LogP contribution in [0.15, 0.2) is 30.3 Å². The SMILES string of the molecule is CCC(C)C(NC(=O)c1ccccc1)C(=O)NCCN. The molecule has 5 heteroatoms. The molecule has 1 rings (SSSR count). The Bertz CT molecular complexity index is 434. The average molecular weight is 277 g/mol. The van der Waals surface area contributed by atoms with Crippen LogP contribution in [0.5, 0.6) is 0 Å². The molecule has 4 N–H and O–H groups in total. The lowest BCUT2D eigenvalue weighted by Crippen LogP contribution is -2.51. The van der Waals surface area contributed by atoms with Crippen LogP contribution in [0.25, 0.3) is 0 Å². The molecule has 0 heterocycles. The molecule has 0 saturated heterocycles. The summed E-state index contributed by atoms with van der Waals surface area (Å²) in [4.78, 5) is 24.2. The summed E-state index contributed by atoms with van der Waals surface area (Å²) in [5, 5.41) is 5.53. The van der Waals surface area contributed by atoms with E-state index in [-0.39, 0.29) is 17.7 Å². The van der Waals surface area contributed by atoms with E-state index in [2.05, 4.69) is 10.6 Å². The van der Waals surface area contributed by atoms with Gasteiger partial charge < -0.3 is 16.4 Å². The van der Waals surface area contributed by atoms with Crippen molar-refractivity contribution in [3.63, 3.8) is 0 Å². The van der Waals surface area contributed by atoms with Gasteiger partial charge in [-0.15, -0.1) is 0 Å². The first-order chi connectivity index (χ1) is 9.60. The Hall–Kier alpha value is -1.88. The summed E-state index contributed by atoms with van der Waals surface area (Å²) in [6.07, 6.45) is 0.801. The molecule has 2 amide bonds. The Morgan fingerprint density at radius 2 is 1.90 bits per heavy atom. The summed E-state index contributed by atoms with van der Waals surface area (Å²) in [5.41, 5.74) is 5.92. The van der Waals surface area contributed by atoms with Gasteiger partial charge in [0.2, 0.25) is 5.91 Å². The molecular formula is C15H23N3O2. The van der Waals surface area contributed by atoms with Crippen molar-refractivity contribution in [2.45, 2.75) is 26.3 Å². The van der Waals surface area contributed by atoms with Crippen molar-refractivity contribution in [2.75, 3.05) is 13.1 Å². The summed E-state index contributed by atoms with van der Waals surface area (Å²) in [6, 6.07) is 8.33. The van der Waals surface area contributed by atoms with Gasteiger partial charge in [0.15, 0.2) is 0 Å². The summed E-state index contributed by atoms with van der Waals surface area (Å²) in [5.74, 6) is -0.367. The summed E-state index contributed by atoms with van der Waals surface area (Å²) in [6.45, 7) is 4.72. The smallest absolute Gasteiger partial charge is 0.251 e. The maximum Gasteiger partial charge on any atom is 0.251 e. The van der Waals surface area contributed by atoms with Crippen LogP contribution in [0.1, 0.15) is 30.6 Å². The highest BCUT2D eigenvalue weighted by molar-refractivity contribution is 5.97. The predicted octanol–water partition coefficient (Wildman–Crippen LogP) is 0.906. The van der Waals surface area contributed by atoms with Gasteiger partial charge in [0, 0.05) is 18.7 Å². The molecule has 0 bridgehead atoms. The number of hydrogen-bond donors (Lipinski definition) is 3. The Balaban J connectivity index is 2.74. The zero-order valence-electron chi connectivity index (χ0n) is 12.1. The maximum absolute atomic E-state index is 12.1. The fourth-order valence-corrected chi connectivity index (χ4v) is 1.82. The maximum atomic E-state index is 12.1. The van der Waals surface area contributed by atoms with Crippen molar-refractivity contribution in [2.24, 2.45) is 11.7 Å². The van der Waals surface area contributed by atoms with Gasteiger partial charge in [0.25, 0.3) is 5.91 Å². The van der Waals surface area contributed by atoms with Crippen LogP contribution in [0.4, 0.5) is 0 Å². The average Bonchev–Trinajstić information content (AvgIpc) is 2.50. The number of amides is 2. The molecule has 0 aliphatic heterocycles. The van der Waals surface area contributed by atoms with Crippen LogP contribution in [0, 0.1) is 5.92 Å².